The van der Waals surface area contributed by atoms with Gasteiger partial charge < -0.3 is 5.32 Å². The van der Waals surface area contributed by atoms with Crippen LogP contribution in [0.1, 0.15) is 29.9 Å². The van der Waals surface area contributed by atoms with E-state index in [-0.39, 0.29) is 12.1 Å². The van der Waals surface area contributed by atoms with Gasteiger partial charge >= 0.3 is 0 Å². The van der Waals surface area contributed by atoms with E-state index in [1.54, 1.807) is 16.8 Å². The van der Waals surface area contributed by atoms with E-state index in [1.807, 2.05) is 30.3 Å². The monoisotopic (exact) mass is 410 g/mol. The van der Waals surface area contributed by atoms with E-state index < -0.39 is 11.6 Å². The molecular weight excluding hydrogens is 394 g/mol. The van der Waals surface area contributed by atoms with Crippen molar-refractivity contribution in [2.75, 3.05) is 5.32 Å². The molecule has 0 bridgehead atoms. The van der Waals surface area contributed by atoms with Gasteiger partial charge in [-0.25, -0.2) is 13.8 Å². The minimum Gasteiger partial charge on any atom is -0.366 e. The van der Waals surface area contributed by atoms with Crippen molar-refractivity contribution in [1.29, 1.82) is 0 Å². The van der Waals surface area contributed by atoms with E-state index in [2.05, 4.69) is 15.4 Å². The Morgan fingerprint density at radius 2 is 1.76 bits per heavy atom. The number of nitrogens with zero attached hydrogens (tertiary/aromatic N) is 3. The second-order valence-corrected chi connectivity index (χ2v) is 7.60. The smallest absolute Gasteiger partial charge is 0.162 e. The van der Waals surface area contributed by atoms with Crippen molar-refractivity contribution in [2.45, 2.75) is 25.3 Å². The highest BCUT2D eigenvalue weighted by molar-refractivity contribution is 6.29. The summed E-state index contributed by atoms with van der Waals surface area (Å²) in [6, 6.07) is 13.5. The predicted octanol–water partition coefficient (Wildman–Crippen LogP) is 5.82. The molecule has 1 fully saturated rings. The fraction of sp³-hybridized carbons (Fsp3) is 0.182. The van der Waals surface area contributed by atoms with Gasteiger partial charge in [0.15, 0.2) is 5.65 Å². The summed E-state index contributed by atoms with van der Waals surface area (Å²) in [4.78, 5) is 4.37. The summed E-state index contributed by atoms with van der Waals surface area (Å²) < 4.78 is 31.0. The Kier molecular flexibility index (Phi) is 4.43. The van der Waals surface area contributed by atoms with Crippen molar-refractivity contribution >= 4 is 23.1 Å². The Labute approximate surface area is 171 Å². The Balaban J connectivity index is 1.44. The third kappa shape index (κ3) is 3.44. The first-order valence-corrected chi connectivity index (χ1v) is 9.79. The van der Waals surface area contributed by atoms with E-state index in [9.17, 15) is 8.78 Å². The molecule has 2 heterocycles. The molecule has 0 amide bonds. The molecule has 1 N–H and O–H groups in total. The molecule has 1 saturated carbocycles. The van der Waals surface area contributed by atoms with Crippen LogP contribution in [0, 0.1) is 11.6 Å². The maximum atomic E-state index is 14.7. The molecule has 5 rings (SSSR count). The first-order valence-electron chi connectivity index (χ1n) is 9.41. The summed E-state index contributed by atoms with van der Waals surface area (Å²) >= 11 is 6.17. The summed E-state index contributed by atoms with van der Waals surface area (Å²) in [5.41, 5.74) is 2.96. The van der Waals surface area contributed by atoms with E-state index in [0.29, 0.717) is 28.1 Å². The lowest BCUT2D eigenvalue weighted by Gasteiger charge is -2.12. The van der Waals surface area contributed by atoms with Crippen LogP contribution in [0.5, 0.6) is 0 Å². The molecule has 0 spiro atoms. The van der Waals surface area contributed by atoms with Gasteiger partial charge in [0.2, 0.25) is 0 Å². The largest absolute Gasteiger partial charge is 0.366 e. The van der Waals surface area contributed by atoms with Crippen molar-refractivity contribution in [1.82, 2.24) is 14.6 Å². The molecule has 0 unspecified atom stereocenters. The Hall–Kier alpha value is -2.99. The molecule has 2 aromatic carbocycles. The van der Waals surface area contributed by atoms with E-state index in [1.165, 1.54) is 12.1 Å². The third-order valence-corrected chi connectivity index (χ3v) is 5.37. The highest BCUT2D eigenvalue weighted by atomic mass is 35.5. The summed E-state index contributed by atoms with van der Waals surface area (Å²) in [6.07, 6.45) is 4.02. The van der Waals surface area contributed by atoms with Crippen LogP contribution < -0.4 is 5.32 Å². The zero-order valence-corrected chi connectivity index (χ0v) is 16.1. The van der Waals surface area contributed by atoms with Crippen molar-refractivity contribution in [3.05, 3.63) is 82.6 Å². The van der Waals surface area contributed by atoms with Crippen molar-refractivity contribution in [3.8, 4) is 11.1 Å². The molecule has 0 saturated heterocycles. The molecule has 2 aromatic heterocycles. The number of anilines is 1. The van der Waals surface area contributed by atoms with Crippen LogP contribution in [0.15, 0.2) is 54.7 Å². The van der Waals surface area contributed by atoms with E-state index in [4.69, 9.17) is 11.6 Å². The van der Waals surface area contributed by atoms with Crippen LogP contribution in [-0.4, -0.2) is 14.6 Å². The first-order chi connectivity index (χ1) is 14.1. The van der Waals surface area contributed by atoms with E-state index in [0.717, 1.165) is 24.0 Å². The van der Waals surface area contributed by atoms with Gasteiger partial charge in [0, 0.05) is 23.7 Å². The quantitative estimate of drug-likeness (QED) is 0.422. The molecule has 1 aliphatic rings. The highest BCUT2D eigenvalue weighted by Crippen LogP contribution is 2.42. The number of hydrogen-bond donors (Lipinski definition) is 1. The van der Waals surface area contributed by atoms with Crippen LogP contribution in [-0.2, 0) is 6.54 Å². The topological polar surface area (TPSA) is 42.2 Å². The molecule has 4 nitrogen and oxygen atoms in total. The summed E-state index contributed by atoms with van der Waals surface area (Å²) in [6.45, 7) is -0.0409. The molecule has 29 heavy (non-hydrogen) atoms. The van der Waals surface area contributed by atoms with Crippen LogP contribution in [0.2, 0.25) is 5.15 Å². The minimum absolute atomic E-state index is 0.0409. The van der Waals surface area contributed by atoms with Gasteiger partial charge in [0.25, 0.3) is 0 Å². The Morgan fingerprint density at radius 1 is 1.03 bits per heavy atom. The number of benzene rings is 2. The van der Waals surface area contributed by atoms with Crippen molar-refractivity contribution in [2.24, 2.45) is 0 Å². The molecule has 7 heteroatoms. The molecule has 1 aliphatic carbocycles. The van der Waals surface area contributed by atoms with Crippen LogP contribution >= 0.6 is 11.6 Å². The second kappa shape index (κ2) is 7.12. The number of nitrogens with one attached hydrogen (secondary N) is 1. The fourth-order valence-corrected chi connectivity index (χ4v) is 3.69. The summed E-state index contributed by atoms with van der Waals surface area (Å²) in [7, 11) is 0. The lowest BCUT2D eigenvalue weighted by molar-refractivity contribution is 0.560. The molecule has 0 aliphatic heterocycles. The van der Waals surface area contributed by atoms with Gasteiger partial charge in [0.1, 0.15) is 22.6 Å². The zero-order chi connectivity index (χ0) is 20.0. The van der Waals surface area contributed by atoms with Crippen molar-refractivity contribution in [3.63, 3.8) is 0 Å². The number of rotatable bonds is 5. The van der Waals surface area contributed by atoms with Gasteiger partial charge in [-0.3, -0.25) is 0 Å². The average Bonchev–Trinajstić information content (AvgIpc) is 3.47. The maximum absolute atomic E-state index is 14.7. The second-order valence-electron chi connectivity index (χ2n) is 7.21. The van der Waals surface area contributed by atoms with E-state index >= 15 is 0 Å². The summed E-state index contributed by atoms with van der Waals surface area (Å²) in [5.74, 6) is -0.205. The third-order valence-electron chi connectivity index (χ3n) is 5.18. The molecule has 0 atom stereocenters. The standard InChI is InChI=1S/C22H17ClF2N4/c23-20-10-21(29-22(28-20)16(12-27-29)14-6-7-14)26-11-17-18(24)8-15(9-19(17)25)13-4-2-1-3-5-13/h1-5,8-10,12,14,26H,6-7,11H2. The normalized spacial score (nSPS) is 13.8. The lowest BCUT2D eigenvalue weighted by Crippen LogP contribution is -2.09. The average molecular weight is 411 g/mol. The minimum atomic E-state index is -0.605. The van der Waals surface area contributed by atoms with Crippen LogP contribution in [0.3, 0.4) is 0 Å². The van der Waals surface area contributed by atoms with Gasteiger partial charge in [-0.2, -0.15) is 9.61 Å². The lowest BCUT2D eigenvalue weighted by atomic mass is 10.0. The summed E-state index contributed by atoms with van der Waals surface area (Å²) in [5, 5.41) is 7.74. The molecule has 146 valence electrons. The van der Waals surface area contributed by atoms with Gasteiger partial charge in [0.05, 0.1) is 6.20 Å². The highest BCUT2D eigenvalue weighted by Gasteiger charge is 2.28. The molecule has 4 aromatic rings. The first kappa shape index (κ1) is 18.1. The Morgan fingerprint density at radius 3 is 2.45 bits per heavy atom. The number of fused-ring (bicyclic) bond motifs is 1. The SMILES string of the molecule is Fc1cc(-c2ccccc2)cc(F)c1CNc1cc(Cl)nc2c(C3CC3)cnn12. The van der Waals surface area contributed by atoms with Crippen LogP contribution in [0.25, 0.3) is 16.8 Å². The zero-order valence-electron chi connectivity index (χ0n) is 15.4. The van der Waals surface area contributed by atoms with Gasteiger partial charge in [-0.05, 0) is 42.0 Å². The Bertz CT molecular complexity index is 1180. The number of halogens is 3. The number of hydrogen-bond acceptors (Lipinski definition) is 3. The maximum Gasteiger partial charge on any atom is 0.162 e. The molecule has 0 radical (unpaired) electrons. The van der Waals surface area contributed by atoms with Gasteiger partial charge in [-0.1, -0.05) is 41.9 Å². The number of aromatic nitrogens is 3. The van der Waals surface area contributed by atoms with Crippen molar-refractivity contribution < 1.29 is 8.78 Å². The molecular formula is C22H17ClF2N4. The predicted molar refractivity (Wildman–Crippen MR) is 109 cm³/mol. The van der Waals surface area contributed by atoms with Crippen LogP contribution in [0.4, 0.5) is 14.6 Å². The fourth-order valence-electron chi connectivity index (χ4n) is 3.51. The van der Waals surface area contributed by atoms with Gasteiger partial charge in [-0.15, -0.1) is 0 Å².